The standard InChI is InChI=1S/C13H15BrN2O2/c1-2-16-7-6-15-12(16)9-18-13-10(8-17)4-3-5-11(13)14/h3-7,17H,2,8-9H2,1H3. The van der Waals surface area contributed by atoms with Crippen LogP contribution in [0, 0.1) is 0 Å². The minimum atomic E-state index is -0.0447. The lowest BCUT2D eigenvalue weighted by Crippen LogP contribution is -2.06. The molecule has 4 nitrogen and oxygen atoms in total. The molecule has 0 aliphatic rings. The normalized spacial score (nSPS) is 10.6. The fourth-order valence-corrected chi connectivity index (χ4v) is 2.27. The van der Waals surface area contributed by atoms with Crippen LogP contribution in [0.15, 0.2) is 35.1 Å². The van der Waals surface area contributed by atoms with Gasteiger partial charge in [0.1, 0.15) is 18.2 Å². The van der Waals surface area contributed by atoms with Crippen LogP contribution in [0.2, 0.25) is 0 Å². The number of rotatable bonds is 5. The number of hydrogen-bond acceptors (Lipinski definition) is 3. The number of halogens is 1. The van der Waals surface area contributed by atoms with E-state index in [0.29, 0.717) is 12.4 Å². The summed E-state index contributed by atoms with van der Waals surface area (Å²) in [4.78, 5) is 4.25. The largest absolute Gasteiger partial charge is 0.484 e. The van der Waals surface area contributed by atoms with Crippen LogP contribution in [-0.4, -0.2) is 14.7 Å². The van der Waals surface area contributed by atoms with E-state index in [4.69, 9.17) is 4.74 Å². The van der Waals surface area contributed by atoms with Gasteiger partial charge in [-0.2, -0.15) is 0 Å². The maximum Gasteiger partial charge on any atom is 0.146 e. The maximum absolute atomic E-state index is 9.28. The van der Waals surface area contributed by atoms with Gasteiger partial charge >= 0.3 is 0 Å². The van der Waals surface area contributed by atoms with Crippen molar-refractivity contribution in [3.05, 3.63) is 46.5 Å². The van der Waals surface area contributed by atoms with Gasteiger partial charge in [0.2, 0.25) is 0 Å². The average Bonchev–Trinajstić information content (AvgIpc) is 2.84. The summed E-state index contributed by atoms with van der Waals surface area (Å²) in [7, 11) is 0. The van der Waals surface area contributed by atoms with Crippen LogP contribution < -0.4 is 4.74 Å². The Morgan fingerprint density at radius 3 is 3.00 bits per heavy atom. The molecule has 0 bridgehead atoms. The zero-order valence-corrected chi connectivity index (χ0v) is 11.7. The number of nitrogens with zero attached hydrogens (tertiary/aromatic N) is 2. The fourth-order valence-electron chi connectivity index (χ4n) is 1.74. The lowest BCUT2D eigenvalue weighted by atomic mass is 10.2. The van der Waals surface area contributed by atoms with Crippen LogP contribution in [-0.2, 0) is 19.8 Å². The van der Waals surface area contributed by atoms with Crippen LogP contribution in [0.25, 0.3) is 0 Å². The predicted molar refractivity (Wildman–Crippen MR) is 72.3 cm³/mol. The molecule has 0 atom stereocenters. The maximum atomic E-state index is 9.28. The van der Waals surface area contributed by atoms with E-state index in [1.165, 1.54) is 0 Å². The van der Waals surface area contributed by atoms with Crippen LogP contribution in [0.4, 0.5) is 0 Å². The molecule has 0 aliphatic heterocycles. The number of ether oxygens (including phenoxy) is 1. The number of aliphatic hydroxyl groups is 1. The van der Waals surface area contributed by atoms with Crippen molar-refractivity contribution < 1.29 is 9.84 Å². The van der Waals surface area contributed by atoms with E-state index < -0.39 is 0 Å². The van der Waals surface area contributed by atoms with Crippen molar-refractivity contribution in [1.82, 2.24) is 9.55 Å². The molecule has 0 amide bonds. The molecule has 1 aromatic heterocycles. The van der Waals surface area contributed by atoms with E-state index in [-0.39, 0.29) is 6.61 Å². The molecule has 0 saturated carbocycles. The summed E-state index contributed by atoms with van der Waals surface area (Å²) in [5, 5.41) is 9.28. The molecule has 1 heterocycles. The summed E-state index contributed by atoms with van der Waals surface area (Å²) in [5.74, 6) is 1.54. The lowest BCUT2D eigenvalue weighted by Gasteiger charge is -2.12. The first kappa shape index (κ1) is 13.1. The van der Waals surface area contributed by atoms with E-state index in [1.807, 2.05) is 29.0 Å². The monoisotopic (exact) mass is 310 g/mol. The summed E-state index contributed by atoms with van der Waals surface area (Å²) in [6, 6.07) is 5.60. The Bertz CT molecular complexity index is 525. The van der Waals surface area contributed by atoms with Crippen LogP contribution in [0.3, 0.4) is 0 Å². The topological polar surface area (TPSA) is 47.3 Å². The first-order valence-electron chi connectivity index (χ1n) is 5.77. The second-order valence-electron chi connectivity index (χ2n) is 3.80. The summed E-state index contributed by atoms with van der Waals surface area (Å²) >= 11 is 3.42. The van der Waals surface area contributed by atoms with E-state index in [9.17, 15) is 5.11 Å². The molecule has 2 aromatic rings. The minimum Gasteiger partial charge on any atom is -0.484 e. The highest BCUT2D eigenvalue weighted by molar-refractivity contribution is 9.10. The Morgan fingerprint density at radius 2 is 2.28 bits per heavy atom. The third kappa shape index (κ3) is 2.73. The second kappa shape index (κ2) is 6.02. The van der Waals surface area contributed by atoms with Gasteiger partial charge in [0.15, 0.2) is 0 Å². The zero-order chi connectivity index (χ0) is 13.0. The van der Waals surface area contributed by atoms with Gasteiger partial charge < -0.3 is 14.4 Å². The Balaban J connectivity index is 2.15. The summed E-state index contributed by atoms with van der Waals surface area (Å²) < 4.78 is 8.62. The molecule has 0 unspecified atom stereocenters. The second-order valence-corrected chi connectivity index (χ2v) is 4.66. The Kier molecular flexibility index (Phi) is 4.38. The lowest BCUT2D eigenvalue weighted by molar-refractivity contribution is 0.252. The number of hydrogen-bond donors (Lipinski definition) is 1. The average molecular weight is 311 g/mol. The third-order valence-corrected chi connectivity index (χ3v) is 3.33. The van der Waals surface area contributed by atoms with Gasteiger partial charge in [-0.1, -0.05) is 12.1 Å². The van der Waals surface area contributed by atoms with E-state index >= 15 is 0 Å². The molecule has 0 saturated heterocycles. The van der Waals surface area contributed by atoms with E-state index in [2.05, 4.69) is 27.8 Å². The smallest absolute Gasteiger partial charge is 0.146 e. The molecule has 96 valence electrons. The SMILES string of the molecule is CCn1ccnc1COc1c(Br)cccc1CO. The van der Waals surface area contributed by atoms with Gasteiger partial charge in [-0.3, -0.25) is 0 Å². The van der Waals surface area contributed by atoms with Crippen LogP contribution in [0.5, 0.6) is 5.75 Å². The highest BCUT2D eigenvalue weighted by Gasteiger charge is 2.09. The first-order chi connectivity index (χ1) is 8.76. The highest BCUT2D eigenvalue weighted by Crippen LogP contribution is 2.29. The van der Waals surface area contributed by atoms with E-state index in [0.717, 1.165) is 22.4 Å². The summed E-state index contributed by atoms with van der Waals surface area (Å²) in [6.07, 6.45) is 3.68. The molecule has 5 heteroatoms. The molecule has 18 heavy (non-hydrogen) atoms. The molecular formula is C13H15BrN2O2. The number of para-hydroxylation sites is 1. The summed E-state index contributed by atoms with van der Waals surface area (Å²) in [6.45, 7) is 3.26. The van der Waals surface area contributed by atoms with Crippen LogP contribution >= 0.6 is 15.9 Å². The third-order valence-electron chi connectivity index (χ3n) is 2.71. The number of imidazole rings is 1. The van der Waals surface area contributed by atoms with Gasteiger partial charge in [-0.05, 0) is 28.9 Å². The fraction of sp³-hybridized carbons (Fsp3) is 0.308. The number of aryl methyl sites for hydroxylation is 1. The molecular weight excluding hydrogens is 296 g/mol. The molecule has 1 aromatic carbocycles. The van der Waals surface area contributed by atoms with Gasteiger partial charge in [-0.25, -0.2) is 4.98 Å². The molecule has 2 rings (SSSR count). The molecule has 0 radical (unpaired) electrons. The number of aliphatic hydroxyl groups excluding tert-OH is 1. The number of aromatic nitrogens is 2. The van der Waals surface area contributed by atoms with Crippen molar-refractivity contribution >= 4 is 15.9 Å². The molecule has 0 spiro atoms. The Hall–Kier alpha value is -1.33. The van der Waals surface area contributed by atoms with E-state index in [1.54, 1.807) is 6.20 Å². The van der Waals surface area contributed by atoms with Crippen molar-refractivity contribution in [3.63, 3.8) is 0 Å². The van der Waals surface area contributed by atoms with Gasteiger partial charge in [0.25, 0.3) is 0 Å². The Labute approximate surface area is 114 Å². The zero-order valence-electron chi connectivity index (χ0n) is 10.1. The summed E-state index contributed by atoms with van der Waals surface area (Å²) in [5.41, 5.74) is 0.763. The molecule has 1 N–H and O–H groups in total. The van der Waals surface area contributed by atoms with Gasteiger partial charge in [-0.15, -0.1) is 0 Å². The number of benzene rings is 1. The molecule has 0 aliphatic carbocycles. The highest BCUT2D eigenvalue weighted by atomic mass is 79.9. The quantitative estimate of drug-likeness (QED) is 0.923. The van der Waals surface area contributed by atoms with Crippen molar-refractivity contribution in [2.24, 2.45) is 0 Å². The molecule has 0 fully saturated rings. The van der Waals surface area contributed by atoms with Crippen molar-refractivity contribution in [2.45, 2.75) is 26.7 Å². The predicted octanol–water partition coefficient (Wildman–Crippen LogP) is 2.74. The van der Waals surface area contributed by atoms with Gasteiger partial charge in [0.05, 0.1) is 11.1 Å². The van der Waals surface area contributed by atoms with Crippen molar-refractivity contribution in [2.75, 3.05) is 0 Å². The van der Waals surface area contributed by atoms with Crippen LogP contribution in [0.1, 0.15) is 18.3 Å². The minimum absolute atomic E-state index is 0.0447. The van der Waals surface area contributed by atoms with Crippen molar-refractivity contribution in [1.29, 1.82) is 0 Å². The first-order valence-corrected chi connectivity index (χ1v) is 6.56. The van der Waals surface area contributed by atoms with Crippen molar-refractivity contribution in [3.8, 4) is 5.75 Å². The van der Waals surface area contributed by atoms with Gasteiger partial charge in [0, 0.05) is 24.5 Å². The Morgan fingerprint density at radius 1 is 1.44 bits per heavy atom.